The second-order valence-electron chi connectivity index (χ2n) is 23.8. The van der Waals surface area contributed by atoms with Crippen molar-refractivity contribution < 1.29 is 53.0 Å². The van der Waals surface area contributed by atoms with Gasteiger partial charge in [-0.1, -0.05) is 130 Å². The Hall–Kier alpha value is -6.08. The fraction of sp³-hybridized carbons (Fsp3) is 0.650. The molecule has 0 aliphatic carbocycles. The topological polar surface area (TPSA) is 235 Å². The van der Waals surface area contributed by atoms with E-state index in [1.165, 1.54) is 61.6 Å². The molecule has 2 aliphatic heterocycles. The zero-order chi connectivity index (χ0) is 60.2. The first-order chi connectivity index (χ1) is 37.4. The van der Waals surface area contributed by atoms with Crippen LogP contribution >= 0.6 is 11.6 Å². The maximum Gasteiger partial charge on any atom is 0.332 e. The normalized spacial score (nSPS) is 26.3. The second-order valence-corrected chi connectivity index (χ2v) is 24.3. The molecule has 0 unspecified atom stereocenters. The summed E-state index contributed by atoms with van der Waals surface area (Å²) in [6.07, 6.45) is -0.0846. The number of likely N-dealkylation sites (N-methyl/N-ethyl adjacent to an activating group) is 4. The number of esters is 1. The third-order valence-corrected chi connectivity index (χ3v) is 16.1. The summed E-state index contributed by atoms with van der Waals surface area (Å²) < 4.78 is 6.09. The molecule has 0 radical (unpaired) electrons. The fourth-order valence-corrected chi connectivity index (χ4v) is 11.2. The number of hydrogen-bond donors (Lipinski definition) is 4. The Morgan fingerprint density at radius 1 is 0.625 bits per heavy atom. The van der Waals surface area contributed by atoms with Gasteiger partial charge in [-0.05, 0) is 86.5 Å². The summed E-state index contributed by atoms with van der Waals surface area (Å²) in [5.41, 5.74) is -0.691. The lowest BCUT2D eigenvalue weighted by Crippen LogP contribution is -2.63. The maximum atomic E-state index is 15.3. The van der Waals surface area contributed by atoms with Gasteiger partial charge in [-0.25, -0.2) is 4.79 Å². The number of benzene rings is 2. The summed E-state index contributed by atoms with van der Waals surface area (Å²) in [4.78, 5) is 140. The number of fused-ring (bicyclic) bond motifs is 1. The van der Waals surface area contributed by atoms with E-state index in [1.54, 1.807) is 97.0 Å². The van der Waals surface area contributed by atoms with E-state index in [0.29, 0.717) is 35.4 Å². The predicted octanol–water partition coefficient (Wildman–Crippen LogP) is 5.03. The molecule has 2 aromatic carbocycles. The van der Waals surface area contributed by atoms with E-state index >= 15 is 9.59 Å². The average molecular weight is 1140 g/mol. The number of rotatable bonds is 13. The molecule has 0 aromatic heterocycles. The first-order valence-corrected chi connectivity index (χ1v) is 28.7. The van der Waals surface area contributed by atoms with Gasteiger partial charge < -0.3 is 50.3 Å². The standard InChI is InChI=1S/C60H91ClN8O11/c1-17-37(9)46-57(76)66(14)47(35(5)6)52(71)62-42(30-34(3)4)55(74)68(16)50(60(11,12)79)59(78)80-49(38(10)18-2)58(77)67(15)48(36(7)8)53(72)63-43(32-39-24-20-19-21-25-39)54(73)65(13)45(33-40-26-22-27-41(61)31-40)56(75)69-29-23-28-44(69)51(70)64-46/h19-22,24-27,31,34-38,42-50,79H,17-18,23,28-30,32-33H2,1-16H3,(H,62,71)(H,63,72)(H,64,70)/t37-,38-,42-,43-,44-,45-,46-,47-,48-,49+,50+/m0/s1. The number of carbonyl (C=O) groups excluding carboxylic acids is 9. The molecule has 8 amide bonds. The van der Waals surface area contributed by atoms with Crippen LogP contribution in [0.15, 0.2) is 54.6 Å². The molecule has 4 rings (SSSR count). The van der Waals surface area contributed by atoms with Crippen LogP contribution in [0.5, 0.6) is 0 Å². The van der Waals surface area contributed by atoms with Crippen molar-refractivity contribution in [3.05, 3.63) is 70.7 Å². The van der Waals surface area contributed by atoms with Gasteiger partial charge in [-0.3, -0.25) is 38.4 Å². The maximum absolute atomic E-state index is 15.3. The van der Waals surface area contributed by atoms with Crippen LogP contribution in [0.3, 0.4) is 0 Å². The molecule has 80 heavy (non-hydrogen) atoms. The number of nitrogens with one attached hydrogen (secondary N) is 3. The number of halogens is 1. The molecule has 19 nitrogen and oxygen atoms in total. The minimum atomic E-state index is -1.98. The van der Waals surface area contributed by atoms with Gasteiger partial charge in [0.1, 0.15) is 42.3 Å². The van der Waals surface area contributed by atoms with Crippen molar-refractivity contribution in [1.29, 1.82) is 0 Å². The molecule has 0 bridgehead atoms. The van der Waals surface area contributed by atoms with Crippen LogP contribution in [-0.4, -0.2) is 178 Å². The highest BCUT2D eigenvalue weighted by molar-refractivity contribution is 6.30. The number of aliphatic hydroxyl groups is 1. The van der Waals surface area contributed by atoms with Gasteiger partial charge >= 0.3 is 5.97 Å². The predicted molar refractivity (Wildman–Crippen MR) is 306 cm³/mol. The van der Waals surface area contributed by atoms with Crippen molar-refractivity contribution >= 4 is 64.8 Å². The first kappa shape index (κ1) is 66.4. The van der Waals surface area contributed by atoms with Crippen molar-refractivity contribution in [3.63, 3.8) is 0 Å². The SMILES string of the molecule is CC[C@H](C)[C@@H]1NC(=O)[C@@H]2CCCN2C(=O)[C@H](Cc2cccc(Cl)c2)N(C)C(=O)[C@H](Cc2ccccc2)NC(=O)[C@H](C(C)C)N(C)C(=O)[C@@H]([C@@H](C)CC)OC(=O)[C@H](C(C)(C)O)N(C)C(=O)[C@H](CC(C)C)NC(=O)[C@H](C(C)C)N(C)C1=O. The zero-order valence-corrected chi connectivity index (χ0v) is 50.8. The monoisotopic (exact) mass is 1130 g/mol. The van der Waals surface area contributed by atoms with Gasteiger partial charge in [0.25, 0.3) is 5.91 Å². The van der Waals surface area contributed by atoms with Crippen LogP contribution in [0.25, 0.3) is 0 Å². The van der Waals surface area contributed by atoms with E-state index in [1.807, 2.05) is 26.8 Å². The molecule has 11 atom stereocenters. The Morgan fingerprint density at radius 3 is 1.69 bits per heavy atom. The first-order valence-electron chi connectivity index (χ1n) is 28.4. The Bertz CT molecular complexity index is 2500. The molecule has 2 heterocycles. The van der Waals surface area contributed by atoms with Crippen LogP contribution in [0, 0.1) is 29.6 Å². The van der Waals surface area contributed by atoms with Crippen molar-refractivity contribution in [1.82, 2.24) is 40.4 Å². The Morgan fingerprint density at radius 2 is 1.16 bits per heavy atom. The van der Waals surface area contributed by atoms with E-state index in [4.69, 9.17) is 16.3 Å². The number of ether oxygens (including phenoxy) is 1. The summed E-state index contributed by atoms with van der Waals surface area (Å²) in [6, 6.07) is 5.60. The van der Waals surface area contributed by atoms with Gasteiger partial charge in [-0.2, -0.15) is 0 Å². The molecule has 444 valence electrons. The zero-order valence-electron chi connectivity index (χ0n) is 50.1. The van der Waals surface area contributed by atoms with Crippen LogP contribution in [0.1, 0.15) is 126 Å². The molecule has 2 saturated heterocycles. The van der Waals surface area contributed by atoms with Gasteiger partial charge in [0.05, 0.1) is 5.60 Å². The van der Waals surface area contributed by atoms with Crippen molar-refractivity contribution in [3.8, 4) is 0 Å². The number of amides is 8. The minimum Gasteiger partial charge on any atom is -0.450 e. The van der Waals surface area contributed by atoms with E-state index < -0.39 is 137 Å². The Labute approximate surface area is 479 Å². The van der Waals surface area contributed by atoms with Crippen molar-refractivity contribution in [2.75, 3.05) is 34.7 Å². The third-order valence-electron chi connectivity index (χ3n) is 15.9. The highest BCUT2D eigenvalue weighted by atomic mass is 35.5. The third kappa shape index (κ3) is 16.5. The number of carbonyl (C=O) groups is 9. The van der Waals surface area contributed by atoms with E-state index in [-0.39, 0.29) is 38.1 Å². The molecule has 0 spiro atoms. The minimum absolute atomic E-state index is 0.0288. The highest BCUT2D eigenvalue weighted by Gasteiger charge is 2.48. The molecule has 4 N–H and O–H groups in total. The number of hydrogen-bond acceptors (Lipinski definition) is 11. The smallest absolute Gasteiger partial charge is 0.332 e. The van der Waals surface area contributed by atoms with Gasteiger partial charge in [0.15, 0.2) is 12.1 Å². The van der Waals surface area contributed by atoms with Crippen LogP contribution in [-0.2, 0) is 60.7 Å². The molecular weight excluding hydrogens is 1040 g/mol. The second kappa shape index (κ2) is 29.1. The van der Waals surface area contributed by atoms with Crippen LogP contribution < -0.4 is 16.0 Å². The quantitative estimate of drug-likeness (QED) is 0.194. The number of cyclic esters (lactones) is 1. The molecule has 0 saturated carbocycles. The molecule has 2 fully saturated rings. The molecular formula is C60H91ClN8O11. The highest BCUT2D eigenvalue weighted by Crippen LogP contribution is 2.28. The van der Waals surface area contributed by atoms with Crippen molar-refractivity contribution in [2.45, 2.75) is 188 Å². The molecule has 2 aliphatic rings. The van der Waals surface area contributed by atoms with Gasteiger partial charge in [0, 0.05) is 58.5 Å². The lowest BCUT2D eigenvalue weighted by atomic mass is 9.93. The largest absolute Gasteiger partial charge is 0.450 e. The lowest BCUT2D eigenvalue weighted by Gasteiger charge is -2.39. The van der Waals surface area contributed by atoms with Gasteiger partial charge in [-0.15, -0.1) is 0 Å². The van der Waals surface area contributed by atoms with Gasteiger partial charge in [0.2, 0.25) is 41.4 Å². The molecule has 2 aromatic rings. The molecule has 20 heteroatoms. The van der Waals surface area contributed by atoms with Crippen molar-refractivity contribution in [2.24, 2.45) is 29.6 Å². The summed E-state index contributed by atoms with van der Waals surface area (Å²) in [5.74, 6) is -8.86. The van der Waals surface area contributed by atoms with E-state index in [9.17, 15) is 38.7 Å². The Balaban J connectivity index is 1.99. The summed E-state index contributed by atoms with van der Waals surface area (Å²) in [5, 5.41) is 20.8. The number of nitrogens with zero attached hydrogens (tertiary/aromatic N) is 5. The summed E-state index contributed by atoms with van der Waals surface area (Å²) in [7, 11) is 5.62. The summed E-state index contributed by atoms with van der Waals surface area (Å²) >= 11 is 6.48. The summed E-state index contributed by atoms with van der Waals surface area (Å²) in [6.45, 7) is 20.5. The van der Waals surface area contributed by atoms with Crippen LogP contribution in [0.2, 0.25) is 5.02 Å². The van der Waals surface area contributed by atoms with E-state index in [0.717, 1.165) is 4.90 Å². The Kier molecular flexibility index (Phi) is 24.1. The van der Waals surface area contributed by atoms with Crippen LogP contribution in [0.4, 0.5) is 0 Å². The fourth-order valence-electron chi connectivity index (χ4n) is 11.0. The lowest BCUT2D eigenvalue weighted by molar-refractivity contribution is -0.177. The van der Waals surface area contributed by atoms with E-state index in [2.05, 4.69) is 16.0 Å². The average Bonchev–Trinajstić information content (AvgIpc) is 3.90.